The first kappa shape index (κ1) is 11.6. The molecule has 1 heterocycles. The smallest absolute Gasteiger partial charge is 0.0181 e. The summed E-state index contributed by atoms with van der Waals surface area (Å²) in [7, 11) is 0. The number of benzene rings is 1. The second-order valence-electron chi connectivity index (χ2n) is 5.37. The van der Waals surface area contributed by atoms with Crippen molar-refractivity contribution in [1.29, 1.82) is 0 Å². The fourth-order valence-corrected chi connectivity index (χ4v) is 2.54. The van der Waals surface area contributed by atoms with Gasteiger partial charge in [-0.2, -0.15) is 0 Å². The zero-order valence-electron chi connectivity index (χ0n) is 10.4. The van der Waals surface area contributed by atoms with Crippen LogP contribution in [-0.4, -0.2) is 24.5 Å². The average molecular weight is 218 g/mol. The molecule has 0 atom stereocenters. The minimum Gasteiger partial charge on any atom is -0.326 e. The monoisotopic (exact) mass is 218 g/mol. The van der Waals surface area contributed by atoms with Gasteiger partial charge in [0.25, 0.3) is 0 Å². The van der Waals surface area contributed by atoms with Crippen molar-refractivity contribution in [2.75, 3.05) is 19.6 Å². The lowest BCUT2D eigenvalue weighted by Gasteiger charge is -2.39. The second-order valence-corrected chi connectivity index (χ2v) is 5.37. The zero-order valence-corrected chi connectivity index (χ0v) is 10.4. The Balaban J connectivity index is 2.19. The van der Waals surface area contributed by atoms with Gasteiger partial charge in [-0.3, -0.25) is 0 Å². The maximum Gasteiger partial charge on any atom is 0.0181 e. The molecule has 0 radical (unpaired) electrons. The summed E-state index contributed by atoms with van der Waals surface area (Å²) < 4.78 is 0. The number of rotatable bonds is 4. The molecule has 88 valence electrons. The van der Waals surface area contributed by atoms with Crippen LogP contribution in [-0.2, 0) is 12.0 Å². The van der Waals surface area contributed by atoms with Gasteiger partial charge in [0, 0.05) is 18.5 Å². The van der Waals surface area contributed by atoms with Crippen molar-refractivity contribution in [2.24, 2.45) is 5.73 Å². The molecule has 0 unspecified atom stereocenters. The summed E-state index contributed by atoms with van der Waals surface area (Å²) >= 11 is 0. The van der Waals surface area contributed by atoms with Gasteiger partial charge in [0.2, 0.25) is 0 Å². The van der Waals surface area contributed by atoms with Gasteiger partial charge in [0.15, 0.2) is 0 Å². The Morgan fingerprint density at radius 2 is 1.94 bits per heavy atom. The fourth-order valence-electron chi connectivity index (χ4n) is 2.54. The van der Waals surface area contributed by atoms with Gasteiger partial charge in [-0.15, -0.1) is 0 Å². The van der Waals surface area contributed by atoms with Crippen molar-refractivity contribution >= 4 is 0 Å². The molecule has 1 aromatic carbocycles. The highest BCUT2D eigenvalue weighted by Gasteiger charge is 2.27. The maximum atomic E-state index is 5.81. The van der Waals surface area contributed by atoms with Crippen LogP contribution in [0.1, 0.15) is 31.4 Å². The lowest BCUT2D eigenvalue weighted by molar-refractivity contribution is 0.147. The van der Waals surface area contributed by atoms with Gasteiger partial charge in [0.1, 0.15) is 0 Å². The van der Waals surface area contributed by atoms with Crippen LogP contribution in [0.15, 0.2) is 24.3 Å². The normalized spacial score (nSPS) is 17.2. The molecule has 1 aliphatic rings. The van der Waals surface area contributed by atoms with Crippen LogP contribution in [0.4, 0.5) is 0 Å². The van der Waals surface area contributed by atoms with Crippen LogP contribution in [0.3, 0.4) is 0 Å². The quantitative estimate of drug-likeness (QED) is 0.839. The molecule has 0 aliphatic carbocycles. The summed E-state index contributed by atoms with van der Waals surface area (Å²) in [5, 5.41) is 0. The lowest BCUT2D eigenvalue weighted by Crippen LogP contribution is -2.45. The molecule has 1 aliphatic heterocycles. The number of nitrogens with two attached hydrogens (primary N) is 1. The molecule has 2 heteroatoms. The molecule has 1 saturated heterocycles. The van der Waals surface area contributed by atoms with Crippen LogP contribution < -0.4 is 5.73 Å². The molecule has 0 amide bonds. The molecule has 16 heavy (non-hydrogen) atoms. The predicted octanol–water partition coefficient (Wildman–Crippen LogP) is 2.13. The summed E-state index contributed by atoms with van der Waals surface area (Å²) in [5.41, 5.74) is 8.71. The maximum absolute atomic E-state index is 5.81. The molecular weight excluding hydrogens is 196 g/mol. The van der Waals surface area contributed by atoms with E-state index >= 15 is 0 Å². The van der Waals surface area contributed by atoms with E-state index in [-0.39, 0.29) is 5.41 Å². The Hall–Kier alpha value is -0.860. The average Bonchev–Trinajstić information content (AvgIpc) is 2.24. The first-order valence-electron chi connectivity index (χ1n) is 6.14. The van der Waals surface area contributed by atoms with Crippen molar-refractivity contribution in [1.82, 2.24) is 4.90 Å². The summed E-state index contributed by atoms with van der Waals surface area (Å²) in [6, 6.07) is 8.56. The summed E-state index contributed by atoms with van der Waals surface area (Å²) in [4.78, 5) is 2.52. The molecule has 1 fully saturated rings. The van der Waals surface area contributed by atoms with Crippen LogP contribution in [0.25, 0.3) is 0 Å². The first-order chi connectivity index (χ1) is 7.63. The molecule has 2 nitrogen and oxygen atoms in total. The summed E-state index contributed by atoms with van der Waals surface area (Å²) in [6.07, 6.45) is 1.36. The first-order valence-corrected chi connectivity index (χ1v) is 6.14. The highest BCUT2D eigenvalue weighted by Crippen LogP contribution is 2.28. The number of hydrogen-bond acceptors (Lipinski definition) is 2. The van der Waals surface area contributed by atoms with Crippen molar-refractivity contribution in [3.8, 4) is 0 Å². The van der Waals surface area contributed by atoms with Crippen LogP contribution >= 0.6 is 0 Å². The van der Waals surface area contributed by atoms with Crippen molar-refractivity contribution in [2.45, 2.75) is 32.2 Å². The molecule has 0 aromatic heterocycles. The number of hydrogen-bond donors (Lipinski definition) is 1. The van der Waals surface area contributed by atoms with Gasteiger partial charge in [-0.25, -0.2) is 0 Å². The molecule has 1 aromatic rings. The van der Waals surface area contributed by atoms with Crippen LogP contribution in [0.5, 0.6) is 0 Å². The minimum atomic E-state index is 0.205. The van der Waals surface area contributed by atoms with E-state index in [9.17, 15) is 0 Å². The van der Waals surface area contributed by atoms with E-state index in [1.54, 1.807) is 0 Å². The van der Waals surface area contributed by atoms with Gasteiger partial charge in [0.05, 0.1) is 0 Å². The van der Waals surface area contributed by atoms with Crippen molar-refractivity contribution in [3.05, 3.63) is 35.4 Å². The third kappa shape index (κ3) is 2.28. The predicted molar refractivity (Wildman–Crippen MR) is 68.4 cm³/mol. The fraction of sp³-hybridized carbons (Fsp3) is 0.571. The van der Waals surface area contributed by atoms with E-state index in [0.29, 0.717) is 6.54 Å². The van der Waals surface area contributed by atoms with Gasteiger partial charge >= 0.3 is 0 Å². The minimum absolute atomic E-state index is 0.205. The van der Waals surface area contributed by atoms with E-state index in [0.717, 1.165) is 6.54 Å². The van der Waals surface area contributed by atoms with Crippen LogP contribution in [0, 0.1) is 0 Å². The highest BCUT2D eigenvalue weighted by molar-refractivity contribution is 5.33. The third-order valence-corrected chi connectivity index (χ3v) is 3.53. The SMILES string of the molecule is CC(C)(CN1CCC1)c1ccccc1CN. The Morgan fingerprint density at radius 3 is 2.50 bits per heavy atom. The molecule has 0 saturated carbocycles. The van der Waals surface area contributed by atoms with E-state index in [4.69, 9.17) is 5.73 Å². The van der Waals surface area contributed by atoms with E-state index in [2.05, 4.69) is 43.0 Å². The number of nitrogens with zero attached hydrogens (tertiary/aromatic N) is 1. The Labute approximate surface area is 98.4 Å². The largest absolute Gasteiger partial charge is 0.326 e. The highest BCUT2D eigenvalue weighted by atomic mass is 15.2. The van der Waals surface area contributed by atoms with Crippen molar-refractivity contribution in [3.63, 3.8) is 0 Å². The van der Waals surface area contributed by atoms with Gasteiger partial charge in [-0.1, -0.05) is 38.1 Å². The van der Waals surface area contributed by atoms with E-state index in [1.807, 2.05) is 0 Å². The zero-order chi connectivity index (χ0) is 11.6. The topological polar surface area (TPSA) is 29.3 Å². The summed E-state index contributed by atoms with van der Waals surface area (Å²) in [6.45, 7) is 8.94. The standard InChI is InChI=1S/C14H22N2/c1-14(2,11-16-8-5-9-16)13-7-4-3-6-12(13)10-15/h3-4,6-7H,5,8-11,15H2,1-2H3. The van der Waals surface area contributed by atoms with Gasteiger partial charge in [-0.05, 0) is 30.6 Å². The molecule has 0 bridgehead atoms. The lowest BCUT2D eigenvalue weighted by atomic mass is 9.80. The van der Waals surface area contributed by atoms with Crippen molar-refractivity contribution < 1.29 is 0 Å². The van der Waals surface area contributed by atoms with E-state index < -0.39 is 0 Å². The van der Waals surface area contributed by atoms with Crippen LogP contribution in [0.2, 0.25) is 0 Å². The van der Waals surface area contributed by atoms with Gasteiger partial charge < -0.3 is 10.6 Å². The molecule has 2 N–H and O–H groups in total. The molecule has 2 rings (SSSR count). The Kier molecular flexibility index (Phi) is 3.31. The molecule has 0 spiro atoms. The third-order valence-electron chi connectivity index (χ3n) is 3.53. The second kappa shape index (κ2) is 4.56. The molecular formula is C14H22N2. The van der Waals surface area contributed by atoms with E-state index in [1.165, 1.54) is 30.6 Å². The Morgan fingerprint density at radius 1 is 1.25 bits per heavy atom. The number of likely N-dealkylation sites (tertiary alicyclic amines) is 1. The Bertz CT molecular complexity index is 354. The summed E-state index contributed by atoms with van der Waals surface area (Å²) in [5.74, 6) is 0.